The molecule has 2 rings (SSSR count). The van der Waals surface area contributed by atoms with E-state index in [1.807, 2.05) is 0 Å². The summed E-state index contributed by atoms with van der Waals surface area (Å²) in [5, 5.41) is 21.1. The second-order valence-corrected chi connectivity index (χ2v) is 5.59. The third-order valence-corrected chi connectivity index (χ3v) is 3.60. The van der Waals surface area contributed by atoms with Crippen molar-refractivity contribution < 1.29 is 27.9 Å². The summed E-state index contributed by atoms with van der Waals surface area (Å²) in [6.07, 6.45) is -5.72. The van der Waals surface area contributed by atoms with Gasteiger partial charge in [-0.05, 0) is 18.2 Å². The number of alkyl halides is 3. The summed E-state index contributed by atoms with van der Waals surface area (Å²) in [7, 11) is 1.54. The van der Waals surface area contributed by atoms with Crippen LogP contribution in [0.25, 0.3) is 0 Å². The van der Waals surface area contributed by atoms with Crippen LogP contribution in [0.1, 0.15) is 5.56 Å². The van der Waals surface area contributed by atoms with Crippen molar-refractivity contribution in [1.29, 1.82) is 0 Å². The molecule has 0 aliphatic carbocycles. The highest BCUT2D eigenvalue weighted by Gasteiger charge is 2.34. The van der Waals surface area contributed by atoms with Crippen LogP contribution in [0.2, 0.25) is 0 Å². The Balaban J connectivity index is 2.02. The lowest BCUT2D eigenvalue weighted by molar-refractivity contribution is -0.384. The lowest BCUT2D eigenvalue weighted by atomic mass is 10.2. The summed E-state index contributed by atoms with van der Waals surface area (Å²) >= 11 is 0. The number of rotatable bonds is 7. The van der Waals surface area contributed by atoms with Gasteiger partial charge in [0, 0.05) is 19.7 Å². The van der Waals surface area contributed by atoms with Crippen LogP contribution in [0.3, 0.4) is 0 Å². The van der Waals surface area contributed by atoms with E-state index < -0.39 is 29.4 Å². The van der Waals surface area contributed by atoms with Crippen molar-refractivity contribution in [1.82, 2.24) is 0 Å². The van der Waals surface area contributed by atoms with Gasteiger partial charge < -0.3 is 14.7 Å². The SMILES string of the molecule is CN(CC(O)COc1ccccc1C(F)(F)F)c1ccccc1[N+](=O)[O-]. The van der Waals surface area contributed by atoms with Crippen molar-refractivity contribution >= 4 is 11.4 Å². The zero-order chi connectivity index (χ0) is 19.3. The van der Waals surface area contributed by atoms with E-state index in [0.29, 0.717) is 0 Å². The van der Waals surface area contributed by atoms with Gasteiger partial charge in [0.15, 0.2) is 0 Å². The van der Waals surface area contributed by atoms with Crippen LogP contribution < -0.4 is 9.64 Å². The average molecular weight is 370 g/mol. The lowest BCUT2D eigenvalue weighted by Gasteiger charge is -2.23. The third-order valence-electron chi connectivity index (χ3n) is 3.60. The topological polar surface area (TPSA) is 75.8 Å². The molecule has 0 aliphatic rings. The summed E-state index contributed by atoms with van der Waals surface area (Å²) in [6, 6.07) is 10.7. The Kier molecular flexibility index (Phi) is 6.04. The van der Waals surface area contributed by atoms with Crippen LogP contribution in [0.5, 0.6) is 5.75 Å². The molecular formula is C17H17F3N2O4. The van der Waals surface area contributed by atoms with E-state index in [9.17, 15) is 28.4 Å². The fraction of sp³-hybridized carbons (Fsp3) is 0.294. The molecule has 0 radical (unpaired) electrons. The van der Waals surface area contributed by atoms with Gasteiger partial charge in [-0.1, -0.05) is 24.3 Å². The molecule has 0 bridgehead atoms. The minimum atomic E-state index is -4.57. The average Bonchev–Trinajstić information content (AvgIpc) is 2.59. The predicted molar refractivity (Wildman–Crippen MR) is 89.3 cm³/mol. The van der Waals surface area contributed by atoms with E-state index in [2.05, 4.69) is 0 Å². The first-order valence-electron chi connectivity index (χ1n) is 7.61. The second kappa shape index (κ2) is 8.05. The molecule has 0 spiro atoms. The molecule has 26 heavy (non-hydrogen) atoms. The molecule has 1 unspecified atom stereocenters. The third kappa shape index (κ3) is 4.85. The van der Waals surface area contributed by atoms with Gasteiger partial charge in [0.1, 0.15) is 24.1 Å². The van der Waals surface area contributed by atoms with Gasteiger partial charge in [0.05, 0.1) is 10.5 Å². The monoisotopic (exact) mass is 370 g/mol. The molecule has 2 aromatic rings. The van der Waals surface area contributed by atoms with Crippen molar-refractivity contribution in [3.8, 4) is 5.75 Å². The van der Waals surface area contributed by atoms with E-state index in [0.717, 1.165) is 6.07 Å². The van der Waals surface area contributed by atoms with E-state index in [1.165, 1.54) is 48.3 Å². The van der Waals surface area contributed by atoms with Crippen LogP contribution in [-0.4, -0.2) is 36.3 Å². The number of aliphatic hydroxyl groups is 1. The molecular weight excluding hydrogens is 353 g/mol. The number of nitro benzene ring substituents is 1. The number of hydrogen-bond donors (Lipinski definition) is 1. The van der Waals surface area contributed by atoms with Gasteiger partial charge in [-0.3, -0.25) is 10.1 Å². The zero-order valence-electron chi connectivity index (χ0n) is 13.8. The lowest BCUT2D eigenvalue weighted by Crippen LogP contribution is -2.33. The standard InChI is InChI=1S/C17H17F3N2O4/c1-21(14-7-3-4-8-15(14)22(24)25)10-12(23)11-26-16-9-5-2-6-13(16)17(18,19)20/h2-9,12,23H,10-11H2,1H3. The molecule has 0 heterocycles. The van der Waals surface area contributed by atoms with E-state index in [1.54, 1.807) is 6.07 Å². The fourth-order valence-corrected chi connectivity index (χ4v) is 2.42. The number of halogens is 3. The van der Waals surface area contributed by atoms with E-state index >= 15 is 0 Å². The number of nitro groups is 1. The van der Waals surface area contributed by atoms with Crippen LogP contribution in [0.4, 0.5) is 24.5 Å². The molecule has 0 fully saturated rings. The summed E-state index contributed by atoms with van der Waals surface area (Å²) in [5.41, 5.74) is -0.781. The molecule has 1 atom stereocenters. The highest BCUT2D eigenvalue weighted by molar-refractivity contribution is 5.62. The number of nitrogens with zero attached hydrogens (tertiary/aromatic N) is 2. The molecule has 1 N–H and O–H groups in total. The van der Waals surface area contributed by atoms with Gasteiger partial charge in [0.2, 0.25) is 0 Å². The van der Waals surface area contributed by atoms with E-state index in [4.69, 9.17) is 4.74 Å². The molecule has 140 valence electrons. The fourth-order valence-electron chi connectivity index (χ4n) is 2.42. The van der Waals surface area contributed by atoms with Crippen LogP contribution in [0.15, 0.2) is 48.5 Å². The molecule has 0 aliphatic heterocycles. The molecule has 0 saturated heterocycles. The highest BCUT2D eigenvalue weighted by Crippen LogP contribution is 2.36. The van der Waals surface area contributed by atoms with Crippen molar-refractivity contribution in [2.75, 3.05) is 25.1 Å². The number of ether oxygens (including phenoxy) is 1. The highest BCUT2D eigenvalue weighted by atomic mass is 19.4. The summed E-state index contributed by atoms with van der Waals surface area (Å²) in [4.78, 5) is 11.9. The van der Waals surface area contributed by atoms with E-state index in [-0.39, 0.29) is 23.7 Å². The van der Waals surface area contributed by atoms with Gasteiger partial charge >= 0.3 is 6.18 Å². The van der Waals surface area contributed by atoms with Gasteiger partial charge in [-0.25, -0.2) is 0 Å². The summed E-state index contributed by atoms with van der Waals surface area (Å²) in [6.45, 7) is -0.447. The Morgan fingerprint density at radius 2 is 1.81 bits per heavy atom. The van der Waals surface area contributed by atoms with Crippen LogP contribution in [-0.2, 0) is 6.18 Å². The smallest absolute Gasteiger partial charge is 0.419 e. The molecule has 2 aromatic carbocycles. The number of likely N-dealkylation sites (N-methyl/N-ethyl adjacent to an activating group) is 1. The Labute approximate surface area is 147 Å². The molecule has 6 nitrogen and oxygen atoms in total. The largest absolute Gasteiger partial charge is 0.490 e. The molecule has 0 amide bonds. The number of para-hydroxylation sites is 3. The normalized spacial score (nSPS) is 12.5. The van der Waals surface area contributed by atoms with Crippen molar-refractivity contribution in [3.05, 3.63) is 64.2 Å². The Bertz CT molecular complexity index is 768. The molecule has 9 heteroatoms. The van der Waals surface area contributed by atoms with Gasteiger partial charge in [0.25, 0.3) is 5.69 Å². The first-order valence-corrected chi connectivity index (χ1v) is 7.61. The first-order chi connectivity index (χ1) is 12.2. The minimum absolute atomic E-state index is 0.0565. The Morgan fingerprint density at radius 3 is 2.46 bits per heavy atom. The van der Waals surface area contributed by atoms with Gasteiger partial charge in [-0.2, -0.15) is 13.2 Å². The van der Waals surface area contributed by atoms with Crippen molar-refractivity contribution in [2.24, 2.45) is 0 Å². The number of benzene rings is 2. The predicted octanol–water partition coefficient (Wildman–Crippen LogP) is 3.49. The first kappa shape index (κ1) is 19.5. The van der Waals surface area contributed by atoms with Crippen molar-refractivity contribution in [2.45, 2.75) is 12.3 Å². The van der Waals surface area contributed by atoms with Crippen LogP contribution >= 0.6 is 0 Å². The minimum Gasteiger partial charge on any atom is -0.490 e. The van der Waals surface area contributed by atoms with Crippen molar-refractivity contribution in [3.63, 3.8) is 0 Å². The molecule has 0 saturated carbocycles. The quantitative estimate of drug-likeness (QED) is 0.596. The molecule has 0 aromatic heterocycles. The second-order valence-electron chi connectivity index (χ2n) is 5.59. The maximum atomic E-state index is 12.9. The number of anilines is 1. The zero-order valence-corrected chi connectivity index (χ0v) is 13.8. The number of aliphatic hydroxyl groups excluding tert-OH is 1. The maximum Gasteiger partial charge on any atom is 0.419 e. The van der Waals surface area contributed by atoms with Crippen LogP contribution in [0, 0.1) is 10.1 Å². The summed E-state index contributed by atoms with van der Waals surface area (Å²) in [5.74, 6) is -0.382. The summed E-state index contributed by atoms with van der Waals surface area (Å²) < 4.78 is 43.8. The van der Waals surface area contributed by atoms with Gasteiger partial charge in [-0.15, -0.1) is 0 Å². The number of hydrogen-bond acceptors (Lipinski definition) is 5. The maximum absolute atomic E-state index is 12.9. The Morgan fingerprint density at radius 1 is 1.19 bits per heavy atom. The Hall–Kier alpha value is -2.81.